The molecule has 1 N–H and O–H groups in total. The molecule has 0 aliphatic carbocycles. The number of aromatic nitrogens is 1. The number of halogens is 2. The molecule has 0 atom stereocenters. The van der Waals surface area contributed by atoms with E-state index in [1.165, 1.54) is 0 Å². The van der Waals surface area contributed by atoms with Gasteiger partial charge in [-0.25, -0.2) is 4.98 Å². The molecule has 3 nitrogen and oxygen atoms in total. The minimum atomic E-state index is 0.0180. The SMILES string of the molecule is CCCNC(=O)Cc1csc(SCc2ccc(Cl)cc2Cl)n1. The Bertz CT molecular complexity index is 646. The summed E-state index contributed by atoms with van der Waals surface area (Å²) in [7, 11) is 0. The van der Waals surface area contributed by atoms with Crippen molar-refractivity contribution in [1.29, 1.82) is 0 Å². The second-order valence-electron chi connectivity index (χ2n) is 4.66. The Morgan fingerprint density at radius 2 is 2.23 bits per heavy atom. The number of nitrogens with zero attached hydrogens (tertiary/aromatic N) is 1. The third-order valence-electron chi connectivity index (χ3n) is 2.81. The normalized spacial score (nSPS) is 10.7. The van der Waals surface area contributed by atoms with Crippen molar-refractivity contribution in [3.8, 4) is 0 Å². The highest BCUT2D eigenvalue weighted by Crippen LogP contribution is 2.30. The van der Waals surface area contributed by atoms with Gasteiger partial charge in [0.1, 0.15) is 4.34 Å². The molecule has 0 fully saturated rings. The van der Waals surface area contributed by atoms with E-state index < -0.39 is 0 Å². The lowest BCUT2D eigenvalue weighted by atomic mass is 10.2. The van der Waals surface area contributed by atoms with E-state index in [0.717, 1.165) is 27.8 Å². The van der Waals surface area contributed by atoms with Crippen LogP contribution in [0.5, 0.6) is 0 Å². The van der Waals surface area contributed by atoms with Crippen molar-refractivity contribution in [2.45, 2.75) is 29.9 Å². The molecule has 1 amide bonds. The molecule has 1 aromatic heterocycles. The van der Waals surface area contributed by atoms with Gasteiger partial charge in [0.05, 0.1) is 12.1 Å². The number of benzene rings is 1. The zero-order valence-electron chi connectivity index (χ0n) is 12.1. The quantitative estimate of drug-likeness (QED) is 0.706. The minimum absolute atomic E-state index is 0.0180. The zero-order chi connectivity index (χ0) is 15.9. The second kappa shape index (κ2) is 8.77. The Morgan fingerprint density at radius 1 is 1.41 bits per heavy atom. The first-order valence-corrected chi connectivity index (χ1v) is 9.48. The second-order valence-corrected chi connectivity index (χ2v) is 7.58. The van der Waals surface area contributed by atoms with E-state index in [4.69, 9.17) is 23.2 Å². The van der Waals surface area contributed by atoms with Gasteiger partial charge >= 0.3 is 0 Å². The van der Waals surface area contributed by atoms with Gasteiger partial charge in [-0.15, -0.1) is 11.3 Å². The summed E-state index contributed by atoms with van der Waals surface area (Å²) >= 11 is 15.2. The Hall–Kier alpha value is -0.750. The Kier molecular flexibility index (Phi) is 7.02. The van der Waals surface area contributed by atoms with Crippen LogP contribution < -0.4 is 5.32 Å². The van der Waals surface area contributed by atoms with Gasteiger partial charge in [0.2, 0.25) is 5.91 Å². The molecule has 118 valence electrons. The maximum Gasteiger partial charge on any atom is 0.226 e. The fourth-order valence-electron chi connectivity index (χ4n) is 1.71. The number of carbonyl (C=O) groups is 1. The monoisotopic (exact) mass is 374 g/mol. The van der Waals surface area contributed by atoms with E-state index in [-0.39, 0.29) is 5.91 Å². The summed E-state index contributed by atoms with van der Waals surface area (Å²) in [5.74, 6) is 0.745. The number of hydrogen-bond donors (Lipinski definition) is 1. The average Bonchev–Trinajstić information content (AvgIpc) is 2.91. The molecule has 0 unspecified atom stereocenters. The van der Waals surface area contributed by atoms with Crippen LogP contribution >= 0.6 is 46.3 Å². The van der Waals surface area contributed by atoms with Crippen molar-refractivity contribution in [2.75, 3.05) is 6.54 Å². The third-order valence-corrected chi connectivity index (χ3v) is 5.52. The highest BCUT2D eigenvalue weighted by atomic mass is 35.5. The molecule has 0 aliphatic heterocycles. The third kappa shape index (κ3) is 5.47. The van der Waals surface area contributed by atoms with Crippen LogP contribution in [-0.4, -0.2) is 17.4 Å². The van der Waals surface area contributed by atoms with E-state index in [1.807, 2.05) is 24.4 Å². The minimum Gasteiger partial charge on any atom is -0.356 e. The molecule has 2 rings (SSSR count). The van der Waals surface area contributed by atoms with E-state index >= 15 is 0 Å². The molecule has 0 radical (unpaired) electrons. The van der Waals surface area contributed by atoms with Gasteiger partial charge in [0, 0.05) is 27.7 Å². The number of nitrogens with one attached hydrogen (secondary N) is 1. The molecular formula is C15H16Cl2N2OS2. The van der Waals surface area contributed by atoms with Crippen LogP contribution in [0.15, 0.2) is 27.9 Å². The van der Waals surface area contributed by atoms with Gasteiger partial charge in [-0.05, 0) is 24.1 Å². The first-order chi connectivity index (χ1) is 10.6. The van der Waals surface area contributed by atoms with Gasteiger partial charge < -0.3 is 5.32 Å². The molecule has 2 aromatic rings. The van der Waals surface area contributed by atoms with Crippen molar-refractivity contribution in [3.63, 3.8) is 0 Å². The number of thiazole rings is 1. The topological polar surface area (TPSA) is 42.0 Å². The molecule has 0 bridgehead atoms. The first-order valence-electron chi connectivity index (χ1n) is 6.86. The maximum absolute atomic E-state index is 11.7. The largest absolute Gasteiger partial charge is 0.356 e. The van der Waals surface area contributed by atoms with Crippen molar-refractivity contribution < 1.29 is 4.79 Å². The Labute approximate surface area is 148 Å². The lowest BCUT2D eigenvalue weighted by Gasteiger charge is -2.03. The summed E-state index contributed by atoms with van der Waals surface area (Å²) in [5, 5.41) is 6.07. The number of amides is 1. The van der Waals surface area contributed by atoms with Gasteiger partial charge in [0.15, 0.2) is 0 Å². The fraction of sp³-hybridized carbons (Fsp3) is 0.333. The molecule has 0 aliphatic rings. The highest BCUT2D eigenvalue weighted by molar-refractivity contribution is 8.00. The van der Waals surface area contributed by atoms with Crippen LogP contribution in [0.1, 0.15) is 24.6 Å². The van der Waals surface area contributed by atoms with Crippen LogP contribution in [0.4, 0.5) is 0 Å². The first kappa shape index (κ1) is 17.6. The van der Waals surface area contributed by atoms with Gasteiger partial charge in [-0.1, -0.05) is 48.0 Å². The molecule has 0 saturated heterocycles. The van der Waals surface area contributed by atoms with Crippen LogP contribution in [-0.2, 0) is 17.0 Å². The van der Waals surface area contributed by atoms with E-state index in [2.05, 4.69) is 10.3 Å². The van der Waals surface area contributed by atoms with Crippen molar-refractivity contribution in [1.82, 2.24) is 10.3 Å². The zero-order valence-corrected chi connectivity index (χ0v) is 15.2. The van der Waals surface area contributed by atoms with Crippen LogP contribution in [0.3, 0.4) is 0 Å². The maximum atomic E-state index is 11.7. The molecule has 1 aromatic carbocycles. The lowest BCUT2D eigenvalue weighted by molar-refractivity contribution is -0.120. The van der Waals surface area contributed by atoms with Crippen LogP contribution in [0, 0.1) is 0 Å². The van der Waals surface area contributed by atoms with E-state index in [1.54, 1.807) is 29.2 Å². The van der Waals surface area contributed by atoms with E-state index in [0.29, 0.717) is 23.0 Å². The smallest absolute Gasteiger partial charge is 0.226 e. The molecule has 7 heteroatoms. The summed E-state index contributed by atoms with van der Waals surface area (Å²) in [6.45, 7) is 2.74. The van der Waals surface area contributed by atoms with Crippen molar-refractivity contribution >= 4 is 52.2 Å². The van der Waals surface area contributed by atoms with Crippen LogP contribution in [0.25, 0.3) is 0 Å². The summed E-state index contributed by atoms with van der Waals surface area (Å²) in [6, 6.07) is 5.49. The number of thioether (sulfide) groups is 1. The van der Waals surface area contributed by atoms with Gasteiger partial charge in [-0.2, -0.15) is 0 Å². The summed E-state index contributed by atoms with van der Waals surface area (Å²) in [5.41, 5.74) is 1.83. The Morgan fingerprint density at radius 3 is 2.95 bits per heavy atom. The number of rotatable bonds is 7. The standard InChI is InChI=1S/C15H16Cl2N2OS2/c1-2-5-18-14(20)7-12-9-22-15(19-12)21-8-10-3-4-11(16)6-13(10)17/h3-4,6,9H,2,5,7-8H2,1H3,(H,18,20). The fourth-order valence-corrected chi connectivity index (χ4v) is 4.11. The molecule has 1 heterocycles. The number of hydrogen-bond acceptors (Lipinski definition) is 4. The average molecular weight is 375 g/mol. The molecule has 22 heavy (non-hydrogen) atoms. The number of carbonyl (C=O) groups excluding carboxylic acids is 1. The summed E-state index contributed by atoms with van der Waals surface area (Å²) < 4.78 is 0.935. The van der Waals surface area contributed by atoms with Crippen molar-refractivity contribution in [3.05, 3.63) is 44.9 Å². The summed E-state index contributed by atoms with van der Waals surface area (Å²) in [4.78, 5) is 16.1. The van der Waals surface area contributed by atoms with E-state index in [9.17, 15) is 4.79 Å². The Balaban J connectivity index is 1.88. The lowest BCUT2D eigenvalue weighted by Crippen LogP contribution is -2.25. The van der Waals surface area contributed by atoms with Gasteiger partial charge in [0.25, 0.3) is 0 Å². The summed E-state index contributed by atoms with van der Waals surface area (Å²) in [6.07, 6.45) is 1.27. The molecule has 0 spiro atoms. The highest BCUT2D eigenvalue weighted by Gasteiger charge is 2.09. The molecular weight excluding hydrogens is 359 g/mol. The van der Waals surface area contributed by atoms with Gasteiger partial charge in [-0.3, -0.25) is 4.79 Å². The predicted molar refractivity (Wildman–Crippen MR) is 95.1 cm³/mol. The van der Waals surface area contributed by atoms with Crippen LogP contribution in [0.2, 0.25) is 10.0 Å². The predicted octanol–water partition coefficient (Wildman–Crippen LogP) is 4.81. The molecule has 0 saturated carbocycles. The van der Waals surface area contributed by atoms with Crippen molar-refractivity contribution in [2.24, 2.45) is 0 Å².